The monoisotopic (exact) mass is 162 g/mol. The van der Waals surface area contributed by atoms with Crippen LogP contribution in [0, 0.1) is 0 Å². The highest BCUT2D eigenvalue weighted by Crippen LogP contribution is 2.24. The molecule has 2 heterocycles. The zero-order valence-electron chi connectivity index (χ0n) is 6.11. The molecule has 0 unspecified atom stereocenters. The lowest BCUT2D eigenvalue weighted by Crippen LogP contribution is -1.77. The lowest BCUT2D eigenvalue weighted by atomic mass is 10.2. The average molecular weight is 162 g/mol. The van der Waals surface area contributed by atoms with Gasteiger partial charge in [0.15, 0.2) is 6.29 Å². The van der Waals surface area contributed by atoms with Crippen molar-refractivity contribution in [2.45, 2.75) is 0 Å². The van der Waals surface area contributed by atoms with Gasteiger partial charge in [0.2, 0.25) is 0 Å². The molecule has 0 fully saturated rings. The van der Waals surface area contributed by atoms with E-state index in [0.29, 0.717) is 22.8 Å². The third-order valence-electron chi connectivity index (χ3n) is 1.72. The molecule has 0 aliphatic carbocycles. The number of hydrogen-bond acceptors (Lipinski definition) is 3. The molecule has 0 atom stereocenters. The van der Waals surface area contributed by atoms with Crippen molar-refractivity contribution in [3.8, 4) is 5.75 Å². The molecule has 0 bridgehead atoms. The number of fused-ring (bicyclic) bond motifs is 1. The number of aromatic nitrogens is 2. The van der Waals surface area contributed by atoms with Crippen LogP contribution in [0.5, 0.6) is 5.75 Å². The minimum Gasteiger partial charge on any atom is -0.506 e. The summed E-state index contributed by atoms with van der Waals surface area (Å²) >= 11 is 0. The third kappa shape index (κ3) is 0.780. The van der Waals surface area contributed by atoms with Crippen LogP contribution < -0.4 is 0 Å². The number of pyridine rings is 1. The summed E-state index contributed by atoms with van der Waals surface area (Å²) in [6.45, 7) is 0. The van der Waals surface area contributed by atoms with E-state index in [-0.39, 0.29) is 5.75 Å². The first-order valence-electron chi connectivity index (χ1n) is 3.42. The van der Waals surface area contributed by atoms with Gasteiger partial charge in [-0.3, -0.25) is 9.78 Å². The second kappa shape index (κ2) is 2.34. The molecule has 0 saturated carbocycles. The molecule has 0 aromatic carbocycles. The lowest BCUT2D eigenvalue weighted by Gasteiger charge is -1.92. The summed E-state index contributed by atoms with van der Waals surface area (Å²) in [5.41, 5.74) is 1.11. The van der Waals surface area contributed by atoms with Crippen molar-refractivity contribution in [3.05, 3.63) is 24.2 Å². The van der Waals surface area contributed by atoms with Crippen LogP contribution in [0.2, 0.25) is 0 Å². The number of carbonyl (C=O) groups is 1. The summed E-state index contributed by atoms with van der Waals surface area (Å²) in [4.78, 5) is 17.1. The van der Waals surface area contributed by atoms with Gasteiger partial charge in [-0.05, 0) is 0 Å². The van der Waals surface area contributed by atoms with Gasteiger partial charge in [-0.15, -0.1) is 0 Å². The summed E-state index contributed by atoms with van der Waals surface area (Å²) in [5.74, 6) is 0.0239. The van der Waals surface area contributed by atoms with E-state index in [1.807, 2.05) is 0 Å². The molecular formula is C8H6N2O2. The number of aldehydes is 1. The van der Waals surface area contributed by atoms with Gasteiger partial charge < -0.3 is 10.1 Å². The van der Waals surface area contributed by atoms with Gasteiger partial charge in [0, 0.05) is 11.8 Å². The molecule has 0 aliphatic heterocycles. The van der Waals surface area contributed by atoms with Gasteiger partial charge >= 0.3 is 0 Å². The van der Waals surface area contributed by atoms with Crippen molar-refractivity contribution < 1.29 is 9.90 Å². The number of aromatic hydroxyl groups is 1. The average Bonchev–Trinajstić information content (AvgIpc) is 2.49. The summed E-state index contributed by atoms with van der Waals surface area (Å²) in [6.07, 6.45) is 5.10. The molecular weight excluding hydrogens is 156 g/mol. The SMILES string of the molecule is O=Cc1c[nH]c2cncc(O)c12. The molecule has 2 aromatic heterocycles. The van der Waals surface area contributed by atoms with Crippen LogP contribution in [-0.4, -0.2) is 21.4 Å². The smallest absolute Gasteiger partial charge is 0.152 e. The van der Waals surface area contributed by atoms with E-state index in [4.69, 9.17) is 0 Å². The van der Waals surface area contributed by atoms with Crippen LogP contribution in [0.4, 0.5) is 0 Å². The van der Waals surface area contributed by atoms with Gasteiger partial charge in [0.1, 0.15) is 5.75 Å². The Bertz CT molecular complexity index is 434. The predicted molar refractivity (Wildman–Crippen MR) is 43.1 cm³/mol. The summed E-state index contributed by atoms with van der Waals surface area (Å²) in [5, 5.41) is 9.86. The predicted octanol–water partition coefficient (Wildman–Crippen LogP) is 1.08. The second-order valence-electron chi connectivity index (χ2n) is 2.44. The van der Waals surface area contributed by atoms with Crippen molar-refractivity contribution in [3.63, 3.8) is 0 Å². The molecule has 2 N–H and O–H groups in total. The Labute approximate surface area is 67.9 Å². The van der Waals surface area contributed by atoms with Crippen molar-refractivity contribution in [1.29, 1.82) is 0 Å². The van der Waals surface area contributed by atoms with Gasteiger partial charge in [-0.1, -0.05) is 0 Å². The van der Waals surface area contributed by atoms with Crippen molar-refractivity contribution >= 4 is 17.2 Å². The Balaban J connectivity index is 2.91. The maximum Gasteiger partial charge on any atom is 0.152 e. The topological polar surface area (TPSA) is 66.0 Å². The molecule has 12 heavy (non-hydrogen) atoms. The number of nitrogens with one attached hydrogen (secondary N) is 1. The van der Waals surface area contributed by atoms with E-state index in [1.165, 1.54) is 6.20 Å². The van der Waals surface area contributed by atoms with E-state index in [0.717, 1.165) is 0 Å². The fourth-order valence-electron chi connectivity index (χ4n) is 1.18. The highest BCUT2D eigenvalue weighted by molar-refractivity contribution is 6.00. The van der Waals surface area contributed by atoms with Crippen LogP contribution >= 0.6 is 0 Å². The van der Waals surface area contributed by atoms with Crippen molar-refractivity contribution in [2.24, 2.45) is 0 Å². The van der Waals surface area contributed by atoms with Crippen molar-refractivity contribution in [1.82, 2.24) is 9.97 Å². The highest BCUT2D eigenvalue weighted by atomic mass is 16.3. The number of H-pyrrole nitrogens is 1. The van der Waals surface area contributed by atoms with Crippen LogP contribution in [0.1, 0.15) is 10.4 Å². The lowest BCUT2D eigenvalue weighted by molar-refractivity contribution is 0.112. The molecule has 0 aliphatic rings. The molecule has 0 saturated heterocycles. The van der Waals surface area contributed by atoms with Gasteiger partial charge in [0.25, 0.3) is 0 Å². The maximum absolute atomic E-state index is 10.5. The van der Waals surface area contributed by atoms with E-state index in [1.54, 1.807) is 12.4 Å². The largest absolute Gasteiger partial charge is 0.506 e. The molecule has 2 rings (SSSR count). The summed E-state index contributed by atoms with van der Waals surface area (Å²) in [6, 6.07) is 0. The van der Waals surface area contributed by atoms with Crippen LogP contribution in [0.25, 0.3) is 10.9 Å². The first kappa shape index (κ1) is 6.84. The zero-order valence-corrected chi connectivity index (χ0v) is 6.11. The highest BCUT2D eigenvalue weighted by Gasteiger charge is 2.06. The van der Waals surface area contributed by atoms with Gasteiger partial charge in [0.05, 0.1) is 23.3 Å². The quantitative estimate of drug-likeness (QED) is 0.616. The molecule has 2 aromatic rings. The molecule has 4 nitrogen and oxygen atoms in total. The van der Waals surface area contributed by atoms with Crippen LogP contribution in [0.15, 0.2) is 18.6 Å². The fraction of sp³-hybridized carbons (Fsp3) is 0. The van der Waals surface area contributed by atoms with E-state index >= 15 is 0 Å². The number of rotatable bonds is 1. The normalized spacial score (nSPS) is 10.3. The van der Waals surface area contributed by atoms with Gasteiger partial charge in [-0.25, -0.2) is 0 Å². The van der Waals surface area contributed by atoms with E-state index in [9.17, 15) is 9.90 Å². The molecule has 0 spiro atoms. The summed E-state index contributed by atoms with van der Waals surface area (Å²) < 4.78 is 0. The first-order chi connectivity index (χ1) is 5.83. The Morgan fingerprint density at radius 1 is 1.50 bits per heavy atom. The first-order valence-corrected chi connectivity index (χ1v) is 3.42. The standard InChI is InChI=1S/C8H6N2O2/c11-4-5-1-10-6-2-9-3-7(12)8(5)6/h1-4,10,12H. The number of aromatic amines is 1. The Morgan fingerprint density at radius 3 is 3.08 bits per heavy atom. The molecule has 0 radical (unpaired) electrons. The maximum atomic E-state index is 10.5. The van der Waals surface area contributed by atoms with Crippen molar-refractivity contribution in [2.75, 3.05) is 0 Å². The van der Waals surface area contributed by atoms with Crippen LogP contribution in [0.3, 0.4) is 0 Å². The zero-order chi connectivity index (χ0) is 8.55. The number of nitrogens with zero attached hydrogens (tertiary/aromatic N) is 1. The molecule has 4 heteroatoms. The Morgan fingerprint density at radius 2 is 2.33 bits per heavy atom. The molecule has 60 valence electrons. The van der Waals surface area contributed by atoms with Gasteiger partial charge in [-0.2, -0.15) is 0 Å². The second-order valence-corrected chi connectivity index (χ2v) is 2.44. The Hall–Kier alpha value is -1.84. The number of carbonyl (C=O) groups excluding carboxylic acids is 1. The summed E-state index contributed by atoms with van der Waals surface area (Å²) in [7, 11) is 0. The number of hydrogen-bond donors (Lipinski definition) is 2. The molecule has 0 amide bonds. The van der Waals surface area contributed by atoms with Crippen LogP contribution in [-0.2, 0) is 0 Å². The fourth-order valence-corrected chi connectivity index (χ4v) is 1.18. The minimum absolute atomic E-state index is 0.0239. The van der Waals surface area contributed by atoms with E-state index in [2.05, 4.69) is 9.97 Å². The minimum atomic E-state index is 0.0239. The third-order valence-corrected chi connectivity index (χ3v) is 1.72. The van der Waals surface area contributed by atoms with E-state index < -0.39 is 0 Å². The Kier molecular flexibility index (Phi) is 1.33.